The number of phenols is 2. The van der Waals surface area contributed by atoms with Crippen molar-refractivity contribution in [3.05, 3.63) is 66.7 Å². The summed E-state index contributed by atoms with van der Waals surface area (Å²) in [5, 5.41) is 37.5. The Morgan fingerprint density at radius 2 is 1.67 bits per heavy atom. The van der Waals surface area contributed by atoms with Gasteiger partial charge in [0, 0.05) is 11.8 Å². The van der Waals surface area contributed by atoms with Gasteiger partial charge in [0.2, 0.25) is 0 Å². The number of aromatic hydroxyl groups is 2. The van der Waals surface area contributed by atoms with Crippen molar-refractivity contribution in [2.75, 3.05) is 10.0 Å². The van der Waals surface area contributed by atoms with Gasteiger partial charge in [0.15, 0.2) is 10.3 Å². The maximum absolute atomic E-state index is 12.7. The Balaban J connectivity index is 1.48. The van der Waals surface area contributed by atoms with Crippen molar-refractivity contribution in [3.63, 3.8) is 0 Å². The zero-order valence-electron chi connectivity index (χ0n) is 18.0. The summed E-state index contributed by atoms with van der Waals surface area (Å²) in [4.78, 5) is 12.1. The van der Waals surface area contributed by atoms with Crippen molar-refractivity contribution in [1.29, 1.82) is 0 Å². The molecule has 0 aliphatic carbocycles. The molecule has 184 valence electrons. The molecule has 0 atom stereocenters. The van der Waals surface area contributed by atoms with E-state index in [2.05, 4.69) is 55.7 Å². The van der Waals surface area contributed by atoms with E-state index in [-0.39, 0.29) is 27.8 Å². The number of hydrogen-bond donors (Lipinski definition) is 6. The summed E-state index contributed by atoms with van der Waals surface area (Å²) in [6.07, 6.45) is 0. The Hall–Kier alpha value is -4.08. The molecular formula is C21H17N7O5S3. The molecule has 0 aliphatic rings. The van der Waals surface area contributed by atoms with Gasteiger partial charge < -0.3 is 15.5 Å². The first-order chi connectivity index (χ1) is 17.1. The molecule has 1 aromatic heterocycles. The Morgan fingerprint density at radius 3 is 2.42 bits per heavy atom. The van der Waals surface area contributed by atoms with Crippen LogP contribution < -0.4 is 10.0 Å². The summed E-state index contributed by atoms with van der Waals surface area (Å²) in [5.74, 6) is -0.600. The Labute approximate surface area is 215 Å². The minimum atomic E-state index is -4.14. The first-order valence-corrected chi connectivity index (χ1v) is 12.3. The smallest absolute Gasteiger partial charge is 0.364 e. The molecule has 0 unspecified atom stereocenters. The fraction of sp³-hybridized carbons (Fsp3) is 0. The number of nitrogens with one attached hydrogen (secondary N) is 2. The fourth-order valence-electron chi connectivity index (χ4n) is 3.00. The molecular weight excluding hydrogens is 526 g/mol. The Kier molecular flexibility index (Phi) is 7.14. The van der Waals surface area contributed by atoms with Gasteiger partial charge in [0.25, 0.3) is 10.0 Å². The number of amides is 2. The SMILES string of the molecule is O=C(N=Nc1cccc(S(=O)(=O)Nc2cc(O)ccc2O)c1)Nc1cccc(-n2c(S)nnc2S)c1. The minimum Gasteiger partial charge on any atom is -0.508 e. The number of rotatable bonds is 6. The van der Waals surface area contributed by atoms with Gasteiger partial charge in [-0.1, -0.05) is 17.2 Å². The van der Waals surface area contributed by atoms with Crippen molar-refractivity contribution in [2.45, 2.75) is 15.2 Å². The molecule has 0 aliphatic heterocycles. The lowest BCUT2D eigenvalue weighted by Crippen LogP contribution is -2.12. The Bertz CT molecular complexity index is 1570. The molecule has 2 amide bonds. The number of aromatic nitrogens is 3. The van der Waals surface area contributed by atoms with Gasteiger partial charge in [-0.2, -0.15) is 0 Å². The number of urea groups is 1. The summed E-state index contributed by atoms with van der Waals surface area (Å²) < 4.78 is 29.1. The number of hydrogen-bond acceptors (Lipinski definition) is 10. The van der Waals surface area contributed by atoms with Crippen molar-refractivity contribution >= 4 is 58.4 Å². The van der Waals surface area contributed by atoms with Gasteiger partial charge >= 0.3 is 6.03 Å². The molecule has 0 radical (unpaired) electrons. The highest BCUT2D eigenvalue weighted by molar-refractivity contribution is 7.92. The predicted molar refractivity (Wildman–Crippen MR) is 136 cm³/mol. The summed E-state index contributed by atoms with van der Waals surface area (Å²) in [5.41, 5.74) is 0.890. The van der Waals surface area contributed by atoms with Crippen molar-refractivity contribution in [3.8, 4) is 17.2 Å². The van der Waals surface area contributed by atoms with E-state index >= 15 is 0 Å². The van der Waals surface area contributed by atoms with Crippen LogP contribution >= 0.6 is 25.3 Å². The highest BCUT2D eigenvalue weighted by Gasteiger charge is 2.17. The molecule has 0 fully saturated rings. The molecule has 15 heteroatoms. The van der Waals surface area contributed by atoms with E-state index in [1.54, 1.807) is 28.8 Å². The van der Waals surface area contributed by atoms with E-state index in [9.17, 15) is 23.4 Å². The lowest BCUT2D eigenvalue weighted by atomic mass is 10.3. The van der Waals surface area contributed by atoms with Crippen LogP contribution in [0.2, 0.25) is 0 Å². The first-order valence-electron chi connectivity index (χ1n) is 9.94. The van der Waals surface area contributed by atoms with Crippen LogP contribution in [0.5, 0.6) is 11.5 Å². The van der Waals surface area contributed by atoms with E-state index < -0.39 is 16.1 Å². The van der Waals surface area contributed by atoms with Gasteiger partial charge in [-0.15, -0.1) is 40.6 Å². The molecule has 0 saturated heterocycles. The second kappa shape index (κ2) is 10.3. The molecule has 0 spiro atoms. The van der Waals surface area contributed by atoms with Crippen molar-refractivity contribution in [1.82, 2.24) is 14.8 Å². The van der Waals surface area contributed by atoms with Crippen molar-refractivity contribution < 1.29 is 23.4 Å². The van der Waals surface area contributed by atoms with E-state index in [0.29, 0.717) is 21.7 Å². The van der Waals surface area contributed by atoms with Gasteiger partial charge in [-0.05, 0) is 48.5 Å². The molecule has 3 aromatic carbocycles. The lowest BCUT2D eigenvalue weighted by molar-refractivity contribution is 0.258. The number of anilines is 2. The van der Waals surface area contributed by atoms with Gasteiger partial charge in [-0.25, -0.2) is 13.2 Å². The average molecular weight is 544 g/mol. The number of benzene rings is 3. The fourth-order valence-corrected chi connectivity index (χ4v) is 4.69. The van der Waals surface area contributed by atoms with Crippen LogP contribution in [-0.4, -0.2) is 39.4 Å². The molecule has 12 nitrogen and oxygen atoms in total. The van der Waals surface area contributed by atoms with Gasteiger partial charge in [-0.3, -0.25) is 9.29 Å². The molecule has 4 rings (SSSR count). The molecule has 4 aromatic rings. The predicted octanol–water partition coefficient (Wildman–Crippen LogP) is 4.37. The number of thiol groups is 2. The van der Waals surface area contributed by atoms with Gasteiger partial charge in [0.05, 0.1) is 22.0 Å². The molecule has 1 heterocycles. The lowest BCUT2D eigenvalue weighted by Gasteiger charge is -2.10. The maximum atomic E-state index is 12.7. The van der Waals surface area contributed by atoms with Crippen LogP contribution in [0.3, 0.4) is 0 Å². The van der Waals surface area contributed by atoms with Crippen LogP contribution in [0, 0.1) is 0 Å². The second-order valence-corrected chi connectivity index (χ2v) is 9.60. The monoisotopic (exact) mass is 543 g/mol. The molecule has 0 bridgehead atoms. The summed E-state index contributed by atoms with van der Waals surface area (Å²) in [6.45, 7) is 0. The molecule has 0 saturated carbocycles. The highest BCUT2D eigenvalue weighted by atomic mass is 32.2. The van der Waals surface area contributed by atoms with E-state index in [0.717, 1.165) is 12.1 Å². The topological polar surface area (TPSA) is 171 Å². The number of nitrogens with zero attached hydrogens (tertiary/aromatic N) is 5. The first kappa shape index (κ1) is 25.0. The molecule has 36 heavy (non-hydrogen) atoms. The van der Waals surface area contributed by atoms with Crippen LogP contribution in [0.1, 0.15) is 0 Å². The molecule has 4 N–H and O–H groups in total. The normalized spacial score (nSPS) is 11.5. The van der Waals surface area contributed by atoms with Crippen molar-refractivity contribution in [2.24, 2.45) is 10.2 Å². The second-order valence-electron chi connectivity index (χ2n) is 7.12. The number of carbonyl (C=O) groups excluding carboxylic acids is 1. The van der Waals surface area contributed by atoms with Crippen LogP contribution in [0.4, 0.5) is 21.9 Å². The zero-order valence-corrected chi connectivity index (χ0v) is 20.6. The number of sulfonamides is 1. The van der Waals surface area contributed by atoms with Crippen LogP contribution in [0.15, 0.2) is 92.2 Å². The summed E-state index contributed by atoms with van der Waals surface area (Å²) >= 11 is 8.44. The quantitative estimate of drug-likeness (QED) is 0.0907. The number of azo groups is 1. The number of carbonyl (C=O) groups is 1. The Morgan fingerprint density at radius 1 is 0.944 bits per heavy atom. The highest BCUT2D eigenvalue weighted by Crippen LogP contribution is 2.30. The van der Waals surface area contributed by atoms with E-state index in [4.69, 9.17) is 0 Å². The van der Waals surface area contributed by atoms with Crippen LogP contribution in [-0.2, 0) is 10.0 Å². The third-order valence-electron chi connectivity index (χ3n) is 4.59. The maximum Gasteiger partial charge on any atom is 0.364 e. The number of phenolic OH excluding ortho intramolecular Hbond substituents is 2. The summed E-state index contributed by atoms with van der Waals surface area (Å²) in [6, 6.07) is 14.7. The third kappa shape index (κ3) is 5.76. The van der Waals surface area contributed by atoms with E-state index in [1.165, 1.54) is 30.3 Å². The standard InChI is InChI=1S/C21H17N7O5S3/c29-15-7-8-18(30)17(11-15)27-36(32,33)16-6-2-4-13(10-16)23-24-19(31)22-12-3-1-5-14(9-12)28-20(34)25-26-21(28)35/h1-11,27,29-30H,(H,22,31)(H,25,34)(H,26,35). The third-order valence-corrected chi connectivity index (χ3v) is 6.54. The van der Waals surface area contributed by atoms with Crippen LogP contribution in [0.25, 0.3) is 5.69 Å². The zero-order chi connectivity index (χ0) is 25.9. The van der Waals surface area contributed by atoms with E-state index in [1.807, 2.05) is 0 Å². The average Bonchev–Trinajstić information content (AvgIpc) is 3.18. The summed E-state index contributed by atoms with van der Waals surface area (Å²) in [7, 11) is -4.14. The van der Waals surface area contributed by atoms with Gasteiger partial charge in [0.1, 0.15) is 11.5 Å². The minimum absolute atomic E-state index is 0.0887. The largest absolute Gasteiger partial charge is 0.508 e.